The van der Waals surface area contributed by atoms with Crippen molar-refractivity contribution in [2.75, 3.05) is 21.1 Å². The lowest BCUT2D eigenvalue weighted by atomic mass is 9.81. The Hall–Kier alpha value is -0.780. The fourth-order valence-corrected chi connectivity index (χ4v) is 5.21. The largest absolute Gasteiger partial charge is 0.357 e. The van der Waals surface area contributed by atoms with Crippen LogP contribution in [0.5, 0.6) is 0 Å². The van der Waals surface area contributed by atoms with Crippen LogP contribution >= 0.6 is 48.0 Å². The predicted octanol–water partition coefficient (Wildman–Crippen LogP) is 6.86. The van der Waals surface area contributed by atoms with Crippen LogP contribution in [0.3, 0.4) is 0 Å². The normalized spacial score (nSPS) is 18.9. The van der Waals surface area contributed by atoms with Gasteiger partial charge in [-0.2, -0.15) is 0 Å². The van der Waals surface area contributed by atoms with E-state index in [9.17, 15) is 0 Å². The zero-order valence-corrected chi connectivity index (χ0v) is 20.5. The van der Waals surface area contributed by atoms with Crippen LogP contribution in [0.15, 0.2) is 53.4 Å². The Kier molecular flexibility index (Phi) is 9.77. The molecule has 2 aromatic carbocycles. The Balaban J connectivity index is 0.00000300. The number of halogens is 2. The lowest BCUT2D eigenvalue weighted by molar-refractivity contribution is 0.267. The van der Waals surface area contributed by atoms with Crippen molar-refractivity contribution < 1.29 is 0 Å². The molecular weight excluding hydrogens is 439 g/mol. The van der Waals surface area contributed by atoms with E-state index in [1.165, 1.54) is 36.8 Å². The third kappa shape index (κ3) is 7.15. The molecule has 0 atom stereocenters. The molecular formula is C23H30Cl2N2S2. The molecule has 0 bridgehead atoms. The highest BCUT2D eigenvalue weighted by molar-refractivity contribution is 8.22. The van der Waals surface area contributed by atoms with Crippen molar-refractivity contribution in [3.8, 4) is 0 Å². The van der Waals surface area contributed by atoms with Crippen molar-refractivity contribution in [1.82, 2.24) is 9.80 Å². The Morgan fingerprint density at radius 3 is 2.10 bits per heavy atom. The van der Waals surface area contributed by atoms with Crippen molar-refractivity contribution in [1.29, 1.82) is 0 Å². The first-order valence-electron chi connectivity index (χ1n) is 9.86. The average Bonchev–Trinajstić information content (AvgIpc) is 2.69. The maximum absolute atomic E-state index is 5.97. The van der Waals surface area contributed by atoms with Gasteiger partial charge in [0.25, 0.3) is 0 Å². The average molecular weight is 470 g/mol. The Morgan fingerprint density at radius 2 is 1.55 bits per heavy atom. The van der Waals surface area contributed by atoms with Crippen molar-refractivity contribution in [3.05, 3.63) is 64.7 Å². The Labute approximate surface area is 196 Å². The molecule has 0 heterocycles. The van der Waals surface area contributed by atoms with Gasteiger partial charge in [0.2, 0.25) is 0 Å². The number of rotatable bonds is 5. The van der Waals surface area contributed by atoms with Crippen LogP contribution in [-0.2, 0) is 6.54 Å². The van der Waals surface area contributed by atoms with Gasteiger partial charge in [-0.25, -0.2) is 0 Å². The predicted molar refractivity (Wildman–Crippen MR) is 134 cm³/mol. The second kappa shape index (κ2) is 11.6. The van der Waals surface area contributed by atoms with Crippen LogP contribution in [0.4, 0.5) is 0 Å². The molecule has 0 spiro atoms. The first kappa shape index (κ1) is 24.5. The van der Waals surface area contributed by atoms with Gasteiger partial charge in [-0.3, -0.25) is 0 Å². The van der Waals surface area contributed by atoms with E-state index in [4.69, 9.17) is 23.8 Å². The van der Waals surface area contributed by atoms with Crippen LogP contribution in [0.2, 0.25) is 5.02 Å². The molecule has 1 aliphatic carbocycles. The molecule has 0 aromatic heterocycles. The Bertz CT molecular complexity index is 770. The SMILES string of the molecule is CN(C)Cc1ccc([C@H]2CC[C@@H](N(C)C(=S)Sc3ccc(Cl)cc3)CC2)cc1.Cl. The molecule has 0 radical (unpaired) electrons. The third-order valence-electron chi connectivity index (χ3n) is 5.50. The fraction of sp³-hybridized carbons (Fsp3) is 0.435. The topological polar surface area (TPSA) is 6.48 Å². The summed E-state index contributed by atoms with van der Waals surface area (Å²) < 4.78 is 0.943. The van der Waals surface area contributed by atoms with Gasteiger partial charge in [-0.15, -0.1) is 12.4 Å². The number of hydrogen-bond donors (Lipinski definition) is 0. The zero-order valence-electron chi connectivity index (χ0n) is 17.3. The van der Waals surface area contributed by atoms with Crippen molar-refractivity contribution in [3.63, 3.8) is 0 Å². The number of thioether (sulfide) groups is 1. The highest BCUT2D eigenvalue weighted by Gasteiger charge is 2.26. The van der Waals surface area contributed by atoms with Crippen LogP contribution < -0.4 is 0 Å². The Morgan fingerprint density at radius 1 is 0.966 bits per heavy atom. The summed E-state index contributed by atoms with van der Waals surface area (Å²) in [5, 5.41) is 0.761. The molecule has 0 unspecified atom stereocenters. The summed E-state index contributed by atoms with van der Waals surface area (Å²) in [7, 11) is 6.37. The molecule has 1 saturated carbocycles. The van der Waals surface area contributed by atoms with Crippen LogP contribution in [0.1, 0.15) is 42.7 Å². The summed E-state index contributed by atoms with van der Waals surface area (Å²) in [5.41, 5.74) is 2.87. The van der Waals surface area contributed by atoms with Gasteiger partial charge in [-0.05, 0) is 81.1 Å². The maximum atomic E-state index is 5.97. The molecule has 6 heteroatoms. The minimum atomic E-state index is 0. The second-order valence-electron chi connectivity index (χ2n) is 7.92. The zero-order chi connectivity index (χ0) is 20.1. The monoisotopic (exact) mass is 468 g/mol. The highest BCUT2D eigenvalue weighted by Crippen LogP contribution is 2.36. The van der Waals surface area contributed by atoms with Gasteiger partial charge < -0.3 is 9.80 Å². The smallest absolute Gasteiger partial charge is 0.141 e. The molecule has 1 aliphatic rings. The summed E-state index contributed by atoms with van der Waals surface area (Å²) in [6, 6.07) is 17.7. The van der Waals surface area contributed by atoms with E-state index in [2.05, 4.69) is 55.2 Å². The van der Waals surface area contributed by atoms with Gasteiger partial charge in [0.1, 0.15) is 4.32 Å². The number of hydrogen-bond acceptors (Lipinski definition) is 3. The fourth-order valence-electron chi connectivity index (χ4n) is 3.88. The van der Waals surface area contributed by atoms with Crippen LogP contribution in [0, 0.1) is 0 Å². The molecule has 2 nitrogen and oxygen atoms in total. The van der Waals surface area contributed by atoms with Gasteiger partial charge in [0.15, 0.2) is 0 Å². The molecule has 0 N–H and O–H groups in total. The van der Waals surface area contributed by atoms with E-state index in [1.54, 1.807) is 11.8 Å². The molecule has 29 heavy (non-hydrogen) atoms. The minimum Gasteiger partial charge on any atom is -0.357 e. The van der Waals surface area contributed by atoms with E-state index in [0.717, 1.165) is 20.8 Å². The number of benzene rings is 2. The van der Waals surface area contributed by atoms with E-state index < -0.39 is 0 Å². The molecule has 0 saturated heterocycles. The highest BCUT2D eigenvalue weighted by atomic mass is 35.5. The standard InChI is InChI=1S/C23H29ClN2S2.ClH/c1-25(2)16-17-4-6-18(7-5-17)19-8-12-21(13-9-19)26(3)23(27)28-22-14-10-20(24)11-15-22;/h4-7,10-11,14-15,19,21H,8-9,12-13,16H2,1-3H3;1H/t19-,21+;. The quantitative estimate of drug-likeness (QED) is 0.349. The lowest BCUT2D eigenvalue weighted by Crippen LogP contribution is -2.37. The van der Waals surface area contributed by atoms with Crippen molar-refractivity contribution >= 4 is 52.3 Å². The molecule has 3 rings (SSSR count). The van der Waals surface area contributed by atoms with E-state index >= 15 is 0 Å². The van der Waals surface area contributed by atoms with Gasteiger partial charge in [-0.1, -0.05) is 59.8 Å². The third-order valence-corrected chi connectivity index (χ3v) is 7.26. The molecule has 0 amide bonds. The summed E-state index contributed by atoms with van der Waals surface area (Å²) in [6.45, 7) is 1.00. The molecule has 2 aromatic rings. The minimum absolute atomic E-state index is 0. The van der Waals surface area contributed by atoms with Crippen molar-refractivity contribution in [2.24, 2.45) is 0 Å². The van der Waals surface area contributed by atoms with Crippen LogP contribution in [0.25, 0.3) is 0 Å². The van der Waals surface area contributed by atoms with Gasteiger partial charge in [0, 0.05) is 29.6 Å². The lowest BCUT2D eigenvalue weighted by Gasteiger charge is -2.36. The summed E-state index contributed by atoms with van der Waals surface area (Å²) in [4.78, 5) is 5.65. The molecule has 158 valence electrons. The second-order valence-corrected chi connectivity index (χ2v) is 10.1. The molecule has 0 aliphatic heterocycles. The molecule has 1 fully saturated rings. The van der Waals surface area contributed by atoms with Gasteiger partial charge >= 0.3 is 0 Å². The van der Waals surface area contributed by atoms with E-state index in [1.807, 2.05) is 24.3 Å². The first-order chi connectivity index (χ1) is 13.4. The van der Waals surface area contributed by atoms with Crippen LogP contribution in [-0.4, -0.2) is 41.3 Å². The van der Waals surface area contributed by atoms with Gasteiger partial charge in [0.05, 0.1) is 0 Å². The number of thiocarbonyl (C=S) groups is 1. The summed E-state index contributed by atoms with van der Waals surface area (Å²) in [5.74, 6) is 0.676. The summed E-state index contributed by atoms with van der Waals surface area (Å²) in [6.07, 6.45) is 4.86. The van der Waals surface area contributed by atoms with E-state index in [0.29, 0.717) is 12.0 Å². The number of nitrogens with zero attached hydrogens (tertiary/aromatic N) is 2. The first-order valence-corrected chi connectivity index (χ1v) is 11.5. The van der Waals surface area contributed by atoms with Crippen molar-refractivity contribution in [2.45, 2.75) is 49.1 Å². The maximum Gasteiger partial charge on any atom is 0.141 e. The van der Waals surface area contributed by atoms with E-state index in [-0.39, 0.29) is 12.4 Å². The summed E-state index contributed by atoms with van der Waals surface area (Å²) >= 11 is 13.3.